The van der Waals surface area contributed by atoms with Crippen LogP contribution in [0.15, 0.2) is 24.3 Å². The summed E-state index contributed by atoms with van der Waals surface area (Å²) in [5, 5.41) is 6.06. The largest absolute Gasteiger partial charge is 0.354 e. The fourth-order valence-electron chi connectivity index (χ4n) is 2.78. The number of urea groups is 1. The molecule has 6 nitrogen and oxygen atoms in total. The van der Waals surface area contributed by atoms with Crippen molar-refractivity contribution in [2.45, 2.75) is 39.2 Å². The number of hydrogen-bond acceptors (Lipinski definition) is 3. The number of imide groups is 1. The first-order valence-corrected chi connectivity index (χ1v) is 8.88. The average Bonchev–Trinajstić information content (AvgIpc) is 2.85. The Hall–Kier alpha value is -2.08. The molecule has 7 heteroatoms. The Balaban J connectivity index is 2.15. The van der Waals surface area contributed by atoms with Crippen molar-refractivity contribution in [3.8, 4) is 0 Å². The Morgan fingerprint density at radius 3 is 2.48 bits per heavy atom. The van der Waals surface area contributed by atoms with E-state index in [4.69, 9.17) is 11.6 Å². The highest BCUT2D eigenvalue weighted by molar-refractivity contribution is 6.30. The fourth-order valence-corrected chi connectivity index (χ4v) is 2.90. The normalized spacial score (nSPS) is 21.2. The second kappa shape index (κ2) is 7.87. The van der Waals surface area contributed by atoms with E-state index < -0.39 is 17.5 Å². The number of rotatable bonds is 7. The van der Waals surface area contributed by atoms with Crippen LogP contribution in [-0.4, -0.2) is 35.8 Å². The number of carbonyl (C=O) groups is 3. The average molecular weight is 366 g/mol. The molecule has 0 bridgehead atoms. The monoisotopic (exact) mass is 365 g/mol. The molecule has 0 aliphatic carbocycles. The highest BCUT2D eigenvalue weighted by Crippen LogP contribution is 2.32. The molecule has 2 rings (SSSR count). The van der Waals surface area contributed by atoms with E-state index in [1.165, 1.54) is 0 Å². The van der Waals surface area contributed by atoms with Gasteiger partial charge in [-0.15, -0.1) is 0 Å². The van der Waals surface area contributed by atoms with Gasteiger partial charge in [0.25, 0.3) is 5.91 Å². The summed E-state index contributed by atoms with van der Waals surface area (Å²) in [4.78, 5) is 38.3. The van der Waals surface area contributed by atoms with Crippen molar-refractivity contribution >= 4 is 29.4 Å². The smallest absolute Gasteiger partial charge is 0.325 e. The molecule has 1 saturated heterocycles. The van der Waals surface area contributed by atoms with Gasteiger partial charge in [-0.3, -0.25) is 14.5 Å². The lowest BCUT2D eigenvalue weighted by molar-refractivity contribution is -0.135. The van der Waals surface area contributed by atoms with Gasteiger partial charge in [0, 0.05) is 11.6 Å². The van der Waals surface area contributed by atoms with Crippen LogP contribution in [0.5, 0.6) is 0 Å². The summed E-state index contributed by atoms with van der Waals surface area (Å²) >= 11 is 5.91. The molecule has 4 amide bonds. The van der Waals surface area contributed by atoms with Gasteiger partial charge in [0.2, 0.25) is 5.91 Å². The van der Waals surface area contributed by atoms with E-state index in [1.807, 2.05) is 20.8 Å². The summed E-state index contributed by atoms with van der Waals surface area (Å²) in [5.74, 6) is -0.413. The molecular weight excluding hydrogens is 342 g/mol. The predicted molar refractivity (Wildman–Crippen MR) is 96.1 cm³/mol. The Bertz CT molecular complexity index is 662. The summed E-state index contributed by atoms with van der Waals surface area (Å²) in [6, 6.07) is 6.23. The number of nitrogens with one attached hydrogen (secondary N) is 2. The Morgan fingerprint density at radius 1 is 1.28 bits per heavy atom. The number of hydrogen-bond donors (Lipinski definition) is 2. The van der Waals surface area contributed by atoms with Crippen LogP contribution < -0.4 is 10.6 Å². The van der Waals surface area contributed by atoms with Crippen LogP contribution in [0, 0.1) is 5.92 Å². The molecule has 2 N–H and O–H groups in total. The highest BCUT2D eigenvalue weighted by Gasteiger charge is 2.51. The van der Waals surface area contributed by atoms with Crippen molar-refractivity contribution in [2.24, 2.45) is 5.92 Å². The number of benzene rings is 1. The number of halogens is 1. The van der Waals surface area contributed by atoms with Crippen molar-refractivity contribution in [3.63, 3.8) is 0 Å². The minimum atomic E-state index is -1.15. The minimum absolute atomic E-state index is 0.281. The Labute approximate surface area is 152 Å². The first-order valence-electron chi connectivity index (χ1n) is 8.50. The second-order valence-corrected chi connectivity index (χ2v) is 6.84. The lowest BCUT2D eigenvalue weighted by Crippen LogP contribution is -2.45. The summed E-state index contributed by atoms with van der Waals surface area (Å²) < 4.78 is 0. The van der Waals surface area contributed by atoms with Crippen LogP contribution in [0.4, 0.5) is 4.79 Å². The molecule has 1 fully saturated rings. The third-order valence-electron chi connectivity index (χ3n) is 4.69. The molecule has 1 aromatic carbocycles. The van der Waals surface area contributed by atoms with E-state index in [1.54, 1.807) is 24.3 Å². The molecule has 0 saturated carbocycles. The number of carbonyl (C=O) groups excluding carboxylic acids is 3. The molecule has 1 aliphatic heterocycles. The van der Waals surface area contributed by atoms with Crippen LogP contribution >= 0.6 is 11.6 Å². The van der Waals surface area contributed by atoms with Gasteiger partial charge in [-0.2, -0.15) is 0 Å². The van der Waals surface area contributed by atoms with Gasteiger partial charge in [-0.1, -0.05) is 50.9 Å². The predicted octanol–water partition coefficient (Wildman–Crippen LogP) is 2.66. The fraction of sp³-hybridized carbons (Fsp3) is 0.500. The molecule has 2 atom stereocenters. The molecule has 1 heterocycles. The van der Waals surface area contributed by atoms with Crippen molar-refractivity contribution in [2.75, 3.05) is 13.1 Å². The quantitative estimate of drug-likeness (QED) is 0.729. The first kappa shape index (κ1) is 19.2. The lowest BCUT2D eigenvalue weighted by Gasteiger charge is -2.25. The number of nitrogens with zero attached hydrogens (tertiary/aromatic N) is 1. The van der Waals surface area contributed by atoms with Crippen LogP contribution in [0.1, 0.15) is 39.2 Å². The van der Waals surface area contributed by atoms with Gasteiger partial charge < -0.3 is 10.6 Å². The van der Waals surface area contributed by atoms with Crippen LogP contribution in [0.2, 0.25) is 5.02 Å². The zero-order chi connectivity index (χ0) is 18.6. The van der Waals surface area contributed by atoms with Gasteiger partial charge in [-0.25, -0.2) is 4.79 Å². The zero-order valence-electron chi connectivity index (χ0n) is 14.8. The van der Waals surface area contributed by atoms with E-state index in [2.05, 4.69) is 10.6 Å². The van der Waals surface area contributed by atoms with E-state index in [0.29, 0.717) is 29.5 Å². The topological polar surface area (TPSA) is 78.5 Å². The first-order chi connectivity index (χ1) is 11.8. The highest BCUT2D eigenvalue weighted by atomic mass is 35.5. The van der Waals surface area contributed by atoms with Gasteiger partial charge in [0.1, 0.15) is 12.1 Å². The Morgan fingerprint density at radius 2 is 1.92 bits per heavy atom. The van der Waals surface area contributed by atoms with E-state index >= 15 is 0 Å². The van der Waals surface area contributed by atoms with Crippen molar-refractivity contribution < 1.29 is 14.4 Å². The molecule has 25 heavy (non-hydrogen) atoms. The molecule has 1 aromatic rings. The van der Waals surface area contributed by atoms with Crippen molar-refractivity contribution in [1.82, 2.24) is 15.5 Å². The summed E-state index contributed by atoms with van der Waals surface area (Å²) in [5.41, 5.74) is -0.501. The van der Waals surface area contributed by atoms with Gasteiger partial charge >= 0.3 is 6.03 Å². The van der Waals surface area contributed by atoms with Gasteiger partial charge in [0.15, 0.2) is 0 Å². The third-order valence-corrected chi connectivity index (χ3v) is 4.94. The second-order valence-electron chi connectivity index (χ2n) is 6.40. The molecular formula is C18H24ClN3O3. The lowest BCUT2D eigenvalue weighted by atomic mass is 9.87. The summed E-state index contributed by atoms with van der Waals surface area (Å²) in [7, 11) is 0. The molecule has 0 radical (unpaired) electrons. The minimum Gasteiger partial charge on any atom is -0.354 e. The van der Waals surface area contributed by atoms with Gasteiger partial charge in [-0.05, 0) is 30.0 Å². The van der Waals surface area contributed by atoms with Crippen molar-refractivity contribution in [3.05, 3.63) is 34.9 Å². The number of amides is 4. The molecule has 0 spiro atoms. The van der Waals surface area contributed by atoms with E-state index in [9.17, 15) is 14.4 Å². The van der Waals surface area contributed by atoms with Crippen LogP contribution in [-0.2, 0) is 15.1 Å². The third kappa shape index (κ3) is 3.95. The van der Waals surface area contributed by atoms with Crippen LogP contribution in [0.25, 0.3) is 0 Å². The van der Waals surface area contributed by atoms with E-state index in [-0.39, 0.29) is 12.5 Å². The molecule has 2 unspecified atom stereocenters. The SMILES string of the molecule is CCC(C)CNC(=O)CN1C(=O)NC(CC)(c2ccc(Cl)cc2)C1=O. The maximum atomic E-state index is 12.9. The molecule has 0 aromatic heterocycles. The van der Waals surface area contributed by atoms with Crippen LogP contribution in [0.3, 0.4) is 0 Å². The van der Waals surface area contributed by atoms with E-state index in [0.717, 1.165) is 11.3 Å². The summed E-state index contributed by atoms with van der Waals surface area (Å²) in [6.07, 6.45) is 1.32. The standard InChI is InChI=1S/C18H24ClN3O3/c1-4-12(3)10-20-15(23)11-22-16(24)18(5-2,21-17(22)25)13-6-8-14(19)9-7-13/h6-9,12H,4-5,10-11H2,1-3H3,(H,20,23)(H,21,25). The molecule has 136 valence electrons. The maximum Gasteiger partial charge on any atom is 0.325 e. The summed E-state index contributed by atoms with van der Waals surface area (Å²) in [6.45, 7) is 6.12. The van der Waals surface area contributed by atoms with Gasteiger partial charge in [0.05, 0.1) is 0 Å². The Kier molecular flexibility index (Phi) is 6.06. The maximum absolute atomic E-state index is 12.9. The molecule has 1 aliphatic rings. The zero-order valence-corrected chi connectivity index (χ0v) is 15.5. The van der Waals surface area contributed by atoms with Crippen molar-refractivity contribution in [1.29, 1.82) is 0 Å².